The van der Waals surface area contributed by atoms with Crippen molar-refractivity contribution in [3.05, 3.63) is 73.7 Å². The van der Waals surface area contributed by atoms with Crippen molar-refractivity contribution < 1.29 is 23.9 Å². The summed E-state index contributed by atoms with van der Waals surface area (Å²) >= 11 is 8.50. The van der Waals surface area contributed by atoms with Gasteiger partial charge < -0.3 is 14.5 Å². The van der Waals surface area contributed by atoms with E-state index in [2.05, 4.69) is 4.98 Å². The fourth-order valence-electron chi connectivity index (χ4n) is 4.42. The average Bonchev–Trinajstić information content (AvgIpc) is 3.33. The molecule has 3 aromatic rings. The van der Waals surface area contributed by atoms with E-state index in [1.807, 2.05) is 0 Å². The molecule has 1 saturated heterocycles. The second-order valence-corrected chi connectivity index (χ2v) is 10.5. The number of rotatable bonds is 6. The SMILES string of the molecule is CCOC(=O)COc1ccc(Cl)cc1[C@@H]1c2sc(=O)[nH]c2S[C@H]2C(=O)N(c3ccccc3)C(=O)[C@@H]12. The van der Waals surface area contributed by atoms with Crippen molar-refractivity contribution in [1.82, 2.24) is 4.98 Å². The molecule has 0 radical (unpaired) electrons. The molecule has 0 unspecified atom stereocenters. The summed E-state index contributed by atoms with van der Waals surface area (Å²) in [6, 6.07) is 13.6. The zero-order chi connectivity index (χ0) is 24.7. The number of aromatic amines is 1. The van der Waals surface area contributed by atoms with Gasteiger partial charge in [-0.3, -0.25) is 14.4 Å². The molecule has 2 aliphatic heterocycles. The zero-order valence-corrected chi connectivity index (χ0v) is 20.7. The molecule has 2 aliphatic rings. The van der Waals surface area contributed by atoms with Crippen molar-refractivity contribution in [3.8, 4) is 5.75 Å². The summed E-state index contributed by atoms with van der Waals surface area (Å²) in [5.74, 6) is -2.42. The summed E-state index contributed by atoms with van der Waals surface area (Å²) in [6.45, 7) is 1.57. The number of para-hydroxylation sites is 1. The molecule has 0 aliphatic carbocycles. The van der Waals surface area contributed by atoms with Crippen LogP contribution in [-0.2, 0) is 19.1 Å². The lowest BCUT2D eigenvalue weighted by Crippen LogP contribution is -2.32. The molecule has 180 valence electrons. The first-order chi connectivity index (χ1) is 16.9. The Bertz CT molecular complexity index is 1370. The molecular formula is C24H19ClN2O6S2. The van der Waals surface area contributed by atoms with Crippen LogP contribution in [0.2, 0.25) is 5.02 Å². The number of amides is 2. The van der Waals surface area contributed by atoms with Crippen LogP contribution < -0.4 is 14.5 Å². The number of esters is 1. The van der Waals surface area contributed by atoms with Crippen molar-refractivity contribution in [2.45, 2.75) is 23.1 Å². The molecule has 5 rings (SSSR count). The number of benzene rings is 2. The van der Waals surface area contributed by atoms with E-state index in [1.54, 1.807) is 55.5 Å². The maximum absolute atomic E-state index is 13.8. The van der Waals surface area contributed by atoms with Crippen LogP contribution in [-0.4, -0.2) is 41.2 Å². The topological polar surface area (TPSA) is 106 Å². The van der Waals surface area contributed by atoms with Crippen molar-refractivity contribution in [3.63, 3.8) is 0 Å². The van der Waals surface area contributed by atoms with Crippen LogP contribution in [0.1, 0.15) is 23.3 Å². The maximum Gasteiger partial charge on any atom is 0.344 e. The smallest absolute Gasteiger partial charge is 0.344 e. The number of thioether (sulfide) groups is 1. The minimum atomic E-state index is -0.796. The van der Waals surface area contributed by atoms with Crippen molar-refractivity contribution in [1.29, 1.82) is 0 Å². The summed E-state index contributed by atoms with van der Waals surface area (Å²) in [4.78, 5) is 55.8. The van der Waals surface area contributed by atoms with E-state index in [9.17, 15) is 19.2 Å². The fraction of sp³-hybridized carbons (Fsp3) is 0.250. The first-order valence-corrected chi connectivity index (χ1v) is 12.9. The Morgan fingerprint density at radius 3 is 2.63 bits per heavy atom. The standard InChI is InChI=1S/C24H19ClN2O6S2/c1-2-32-16(28)11-33-15-9-8-12(25)10-14(15)17-18-20(34-21-19(17)35-24(31)26-21)23(30)27(22(18)29)13-6-4-3-5-7-13/h3-10,17-18,20H,2,11H2,1H3,(H,26,31)/t17-,18-,20+/m0/s1. The number of thiazole rings is 1. The van der Waals surface area contributed by atoms with E-state index in [0.29, 0.717) is 31.9 Å². The van der Waals surface area contributed by atoms with Gasteiger partial charge in [0.1, 0.15) is 11.0 Å². The molecule has 1 aromatic heterocycles. The van der Waals surface area contributed by atoms with Crippen LogP contribution in [0.4, 0.5) is 5.69 Å². The normalized spacial score (nSPS) is 21.0. The average molecular weight is 531 g/mol. The highest BCUT2D eigenvalue weighted by atomic mass is 35.5. The van der Waals surface area contributed by atoms with Crippen molar-refractivity contribution >= 4 is 58.2 Å². The summed E-state index contributed by atoms with van der Waals surface area (Å²) in [5.41, 5.74) is 1.00. The molecule has 35 heavy (non-hydrogen) atoms. The van der Waals surface area contributed by atoms with Crippen LogP contribution >= 0.6 is 34.7 Å². The van der Waals surface area contributed by atoms with Gasteiger partial charge in [0, 0.05) is 21.4 Å². The molecule has 1 N–H and O–H groups in total. The number of hydrogen-bond acceptors (Lipinski definition) is 8. The second kappa shape index (κ2) is 9.52. The Morgan fingerprint density at radius 1 is 1.11 bits per heavy atom. The number of ether oxygens (including phenoxy) is 2. The fourth-order valence-corrected chi connectivity index (χ4v) is 7.10. The Kier molecular flexibility index (Phi) is 6.43. The minimum Gasteiger partial charge on any atom is -0.482 e. The highest BCUT2D eigenvalue weighted by Gasteiger charge is 2.56. The van der Waals surface area contributed by atoms with Crippen molar-refractivity contribution in [2.24, 2.45) is 5.92 Å². The second-order valence-electron chi connectivity index (χ2n) is 7.87. The van der Waals surface area contributed by atoms with Gasteiger partial charge in [-0.2, -0.15) is 0 Å². The number of aromatic nitrogens is 1. The van der Waals surface area contributed by atoms with Gasteiger partial charge >= 0.3 is 10.8 Å². The summed E-state index contributed by atoms with van der Waals surface area (Å²) < 4.78 is 10.7. The number of nitrogens with one attached hydrogen (secondary N) is 1. The molecule has 1 fully saturated rings. The van der Waals surface area contributed by atoms with Crippen LogP contribution in [0, 0.1) is 5.92 Å². The number of anilines is 1. The summed E-state index contributed by atoms with van der Waals surface area (Å²) in [5, 5.41) is 0.181. The van der Waals surface area contributed by atoms with Gasteiger partial charge in [0.15, 0.2) is 6.61 Å². The first-order valence-electron chi connectivity index (χ1n) is 10.8. The number of carbonyl (C=O) groups is 3. The van der Waals surface area contributed by atoms with Crippen LogP contribution in [0.25, 0.3) is 0 Å². The molecule has 0 spiro atoms. The predicted molar refractivity (Wildman–Crippen MR) is 132 cm³/mol. The molecule has 2 aromatic carbocycles. The molecule has 0 saturated carbocycles. The third-order valence-corrected chi connectivity index (χ3v) is 8.43. The first kappa shape index (κ1) is 23.7. The number of hydrogen-bond donors (Lipinski definition) is 1. The van der Waals surface area contributed by atoms with Gasteiger partial charge in [-0.1, -0.05) is 52.9 Å². The largest absolute Gasteiger partial charge is 0.482 e. The molecule has 2 amide bonds. The number of halogens is 1. The van der Waals surface area contributed by atoms with Gasteiger partial charge in [0.2, 0.25) is 11.8 Å². The van der Waals surface area contributed by atoms with E-state index in [1.165, 1.54) is 16.7 Å². The Balaban J connectivity index is 1.62. The van der Waals surface area contributed by atoms with Gasteiger partial charge in [0.05, 0.1) is 23.2 Å². The van der Waals surface area contributed by atoms with Gasteiger partial charge in [-0.05, 0) is 37.3 Å². The lowest BCUT2D eigenvalue weighted by molar-refractivity contribution is -0.145. The van der Waals surface area contributed by atoms with Crippen LogP contribution in [0.15, 0.2) is 58.4 Å². The molecule has 3 atom stereocenters. The predicted octanol–water partition coefficient (Wildman–Crippen LogP) is 3.83. The number of fused-ring (bicyclic) bond motifs is 2. The Hall–Kier alpha value is -3.08. The van der Waals surface area contributed by atoms with Gasteiger partial charge in [-0.25, -0.2) is 9.69 Å². The molecule has 3 heterocycles. The van der Waals surface area contributed by atoms with E-state index < -0.39 is 23.1 Å². The van der Waals surface area contributed by atoms with E-state index in [4.69, 9.17) is 21.1 Å². The monoisotopic (exact) mass is 530 g/mol. The van der Waals surface area contributed by atoms with Gasteiger partial charge in [-0.15, -0.1) is 0 Å². The minimum absolute atomic E-state index is 0.214. The lowest BCUT2D eigenvalue weighted by Gasteiger charge is -2.31. The van der Waals surface area contributed by atoms with Gasteiger partial charge in [0.25, 0.3) is 0 Å². The van der Waals surface area contributed by atoms with E-state index in [0.717, 1.165) is 11.3 Å². The molecule has 0 bridgehead atoms. The number of carbonyl (C=O) groups excluding carboxylic acids is 3. The zero-order valence-electron chi connectivity index (χ0n) is 18.4. The quantitative estimate of drug-likeness (QED) is 0.381. The third kappa shape index (κ3) is 4.26. The molecule has 11 heteroatoms. The van der Waals surface area contributed by atoms with Crippen LogP contribution in [0.3, 0.4) is 0 Å². The molecular weight excluding hydrogens is 512 g/mol. The number of nitrogens with zero attached hydrogens (tertiary/aromatic N) is 1. The maximum atomic E-state index is 13.8. The Morgan fingerprint density at radius 2 is 1.89 bits per heavy atom. The highest BCUT2D eigenvalue weighted by molar-refractivity contribution is 8.00. The third-order valence-electron chi connectivity index (χ3n) is 5.80. The van der Waals surface area contributed by atoms with Crippen molar-refractivity contribution in [2.75, 3.05) is 18.1 Å². The summed E-state index contributed by atoms with van der Waals surface area (Å²) in [7, 11) is 0. The summed E-state index contributed by atoms with van der Waals surface area (Å²) in [6.07, 6.45) is 0. The lowest BCUT2D eigenvalue weighted by atomic mass is 9.82. The number of imide groups is 1. The van der Waals surface area contributed by atoms with Crippen LogP contribution in [0.5, 0.6) is 5.75 Å². The van der Waals surface area contributed by atoms with E-state index >= 15 is 0 Å². The number of H-pyrrole nitrogens is 1. The highest BCUT2D eigenvalue weighted by Crippen LogP contribution is 2.54. The van der Waals surface area contributed by atoms with E-state index in [-0.39, 0.29) is 29.9 Å². The Labute approximate surface area is 213 Å². The molecule has 8 nitrogen and oxygen atoms in total.